The first-order valence-corrected chi connectivity index (χ1v) is 12.3. The lowest BCUT2D eigenvalue weighted by Gasteiger charge is -2.48. The predicted molar refractivity (Wildman–Crippen MR) is 112 cm³/mol. The van der Waals surface area contributed by atoms with Crippen molar-refractivity contribution in [1.82, 2.24) is 0 Å². The first kappa shape index (κ1) is 21.7. The van der Waals surface area contributed by atoms with Crippen molar-refractivity contribution in [2.45, 2.75) is 55.2 Å². The highest BCUT2D eigenvalue weighted by molar-refractivity contribution is 7.82. The number of hydrogen-bond donors (Lipinski definition) is 0. The van der Waals surface area contributed by atoms with Gasteiger partial charge in [-0.2, -0.15) is 8.42 Å². The van der Waals surface area contributed by atoms with Crippen molar-refractivity contribution < 1.29 is 21.6 Å². The number of hydrogen-bond acceptors (Lipinski definition) is 5. The molecule has 3 aliphatic carbocycles. The fourth-order valence-corrected chi connectivity index (χ4v) is 6.73. The highest BCUT2D eigenvalue weighted by atomic mass is 35.6. The van der Waals surface area contributed by atoms with Crippen LogP contribution < -0.4 is 4.18 Å². The number of alkyl halides is 3. The molecular formula is C20H23Cl3O5S. The smallest absolute Gasteiger partial charge is 0.362 e. The quantitative estimate of drug-likeness (QED) is 0.558. The van der Waals surface area contributed by atoms with Gasteiger partial charge >= 0.3 is 10.4 Å². The maximum absolute atomic E-state index is 12.4. The third kappa shape index (κ3) is 4.29. The fraction of sp³-hybridized carbons (Fsp3) is 0.650. The number of rotatable bonds is 4. The molecule has 2 fully saturated rings. The van der Waals surface area contributed by atoms with Gasteiger partial charge in [-0.05, 0) is 73.1 Å². The molecule has 0 N–H and O–H groups in total. The van der Waals surface area contributed by atoms with Gasteiger partial charge in [0, 0.05) is 11.8 Å². The first-order chi connectivity index (χ1) is 13.5. The third-order valence-electron chi connectivity index (χ3n) is 6.97. The lowest BCUT2D eigenvalue weighted by atomic mass is 9.55. The van der Waals surface area contributed by atoms with Crippen LogP contribution in [-0.4, -0.2) is 24.6 Å². The number of Topliss-reactive ketones (excluding diaryl/α,β-unsaturated/α-hetero) is 1. The van der Waals surface area contributed by atoms with Gasteiger partial charge in [0.05, 0.1) is 0 Å². The van der Waals surface area contributed by atoms with Gasteiger partial charge in [0.2, 0.25) is 3.79 Å². The van der Waals surface area contributed by atoms with Crippen LogP contribution in [0.25, 0.3) is 0 Å². The van der Waals surface area contributed by atoms with Crippen LogP contribution >= 0.6 is 34.8 Å². The third-order valence-corrected chi connectivity index (χ3v) is 8.10. The summed E-state index contributed by atoms with van der Waals surface area (Å²) in [7, 11) is -4.33. The SMILES string of the molecule is C[C@]12CCC3c4ccc(OS(=O)(=O)OCC(Cl)(Cl)Cl)cc4CCC3C1CCC2=O. The van der Waals surface area contributed by atoms with Crippen LogP contribution in [-0.2, 0) is 25.8 Å². The summed E-state index contributed by atoms with van der Waals surface area (Å²) in [4.78, 5) is 12.4. The Morgan fingerprint density at radius 3 is 2.66 bits per heavy atom. The molecule has 0 aromatic heterocycles. The largest absolute Gasteiger partial charge is 0.449 e. The van der Waals surface area contributed by atoms with Gasteiger partial charge in [-0.1, -0.05) is 47.8 Å². The van der Waals surface area contributed by atoms with E-state index in [0.29, 0.717) is 30.0 Å². The van der Waals surface area contributed by atoms with E-state index < -0.39 is 20.8 Å². The van der Waals surface area contributed by atoms with Crippen molar-refractivity contribution >= 4 is 51.0 Å². The van der Waals surface area contributed by atoms with Crippen molar-refractivity contribution in [3.63, 3.8) is 0 Å². The Labute approximate surface area is 186 Å². The van der Waals surface area contributed by atoms with Crippen molar-refractivity contribution in [3.8, 4) is 5.75 Å². The summed E-state index contributed by atoms with van der Waals surface area (Å²) in [5, 5.41) is 0. The number of ketones is 1. The van der Waals surface area contributed by atoms with Crippen LogP contribution in [0, 0.1) is 17.3 Å². The maximum atomic E-state index is 12.4. The molecule has 4 rings (SSSR count). The Balaban J connectivity index is 1.51. The average molecular weight is 482 g/mol. The number of aryl methyl sites for hydroxylation is 1. The number of carbonyl (C=O) groups is 1. The van der Waals surface area contributed by atoms with Crippen molar-refractivity contribution in [2.24, 2.45) is 17.3 Å². The summed E-state index contributed by atoms with van der Waals surface area (Å²) in [5.41, 5.74) is 2.18. The highest BCUT2D eigenvalue weighted by Gasteiger charge is 2.54. The minimum Gasteiger partial charge on any atom is -0.362 e. The molecule has 9 heteroatoms. The second-order valence-electron chi connectivity index (χ2n) is 8.56. The zero-order valence-corrected chi connectivity index (χ0v) is 19.1. The monoisotopic (exact) mass is 480 g/mol. The predicted octanol–water partition coefficient (Wildman–Crippen LogP) is 5.12. The van der Waals surface area contributed by atoms with Gasteiger partial charge in [0.1, 0.15) is 18.1 Å². The topological polar surface area (TPSA) is 69.7 Å². The van der Waals surface area contributed by atoms with E-state index in [1.165, 1.54) is 5.56 Å². The molecule has 3 unspecified atom stereocenters. The summed E-state index contributed by atoms with van der Waals surface area (Å²) < 4.78 is 31.8. The van der Waals surface area contributed by atoms with E-state index in [-0.39, 0.29) is 11.2 Å². The van der Waals surface area contributed by atoms with Crippen molar-refractivity contribution in [3.05, 3.63) is 29.3 Å². The molecule has 4 atom stereocenters. The van der Waals surface area contributed by atoms with Crippen LogP contribution in [0.2, 0.25) is 0 Å². The van der Waals surface area contributed by atoms with Gasteiger partial charge in [-0.25, -0.2) is 4.18 Å². The number of benzene rings is 1. The van der Waals surface area contributed by atoms with Crippen LogP contribution in [0.1, 0.15) is 56.1 Å². The Hall–Kier alpha value is -0.530. The van der Waals surface area contributed by atoms with Gasteiger partial charge in [0.25, 0.3) is 0 Å². The summed E-state index contributed by atoms with van der Waals surface area (Å²) in [6.07, 6.45) is 5.45. The van der Waals surface area contributed by atoms with Crippen molar-refractivity contribution in [1.29, 1.82) is 0 Å². The standard InChI is InChI=1S/C20H23Cl3O5S/c1-19-9-8-15-14-5-3-13(28-29(25,26)27-11-20(21,22)23)10-12(14)2-4-16(15)17(19)6-7-18(19)24/h3,5,10,15-17H,2,4,6-9,11H2,1H3/t15?,16?,17?,19-/m0/s1. The molecule has 5 nitrogen and oxygen atoms in total. The molecule has 2 saturated carbocycles. The molecule has 0 radical (unpaired) electrons. The molecule has 0 saturated heterocycles. The molecule has 0 heterocycles. The molecule has 3 aliphatic rings. The molecule has 29 heavy (non-hydrogen) atoms. The van der Waals surface area contributed by atoms with Crippen LogP contribution in [0.5, 0.6) is 5.75 Å². The minimum atomic E-state index is -4.33. The van der Waals surface area contributed by atoms with E-state index >= 15 is 0 Å². The molecule has 0 aliphatic heterocycles. The maximum Gasteiger partial charge on any atom is 0.449 e. The van der Waals surface area contributed by atoms with Crippen molar-refractivity contribution in [2.75, 3.05) is 6.61 Å². The highest BCUT2D eigenvalue weighted by Crippen LogP contribution is 2.59. The van der Waals surface area contributed by atoms with Gasteiger partial charge in [-0.15, -0.1) is 0 Å². The minimum absolute atomic E-state index is 0.157. The molecule has 0 spiro atoms. The van der Waals surface area contributed by atoms with Crippen LogP contribution in [0.15, 0.2) is 18.2 Å². The second-order valence-corrected chi connectivity index (χ2v) is 12.3. The second kappa shape index (κ2) is 7.56. The van der Waals surface area contributed by atoms with Gasteiger partial charge < -0.3 is 4.18 Å². The van der Waals surface area contributed by atoms with E-state index in [1.807, 2.05) is 6.07 Å². The number of fused-ring (bicyclic) bond motifs is 5. The van der Waals surface area contributed by atoms with Crippen LogP contribution in [0.4, 0.5) is 0 Å². The summed E-state index contributed by atoms with van der Waals surface area (Å²) in [6.45, 7) is 1.52. The molecule has 1 aromatic rings. The Bertz CT molecular complexity index is 927. The normalized spacial score (nSPS) is 31.7. The first-order valence-electron chi connectivity index (χ1n) is 9.80. The molecular weight excluding hydrogens is 459 g/mol. The molecule has 0 bridgehead atoms. The van der Waals surface area contributed by atoms with E-state index in [1.54, 1.807) is 12.1 Å². The lowest BCUT2D eigenvalue weighted by molar-refractivity contribution is -0.129. The molecule has 1 aromatic carbocycles. The van der Waals surface area contributed by atoms with E-state index in [2.05, 4.69) is 11.1 Å². The summed E-state index contributed by atoms with van der Waals surface area (Å²) in [6, 6.07) is 5.35. The number of halogens is 3. The molecule has 0 amide bonds. The van der Waals surface area contributed by atoms with Gasteiger partial charge in [0.15, 0.2) is 0 Å². The van der Waals surface area contributed by atoms with E-state index in [4.69, 9.17) is 39.0 Å². The zero-order chi connectivity index (χ0) is 21.0. The molecule has 160 valence electrons. The van der Waals surface area contributed by atoms with E-state index in [0.717, 1.165) is 37.7 Å². The van der Waals surface area contributed by atoms with E-state index in [9.17, 15) is 13.2 Å². The van der Waals surface area contributed by atoms with Gasteiger partial charge in [-0.3, -0.25) is 4.79 Å². The summed E-state index contributed by atoms with van der Waals surface area (Å²) in [5.74, 6) is 1.98. The fourth-order valence-electron chi connectivity index (χ4n) is 5.66. The number of carbonyl (C=O) groups excluding carboxylic acids is 1. The average Bonchev–Trinajstić information content (AvgIpc) is 2.94. The lowest BCUT2D eigenvalue weighted by Crippen LogP contribution is -2.42. The Kier molecular flexibility index (Phi) is 5.65. The Morgan fingerprint density at radius 2 is 1.93 bits per heavy atom. The van der Waals surface area contributed by atoms with Crippen LogP contribution in [0.3, 0.4) is 0 Å². The summed E-state index contributed by atoms with van der Waals surface area (Å²) >= 11 is 16.6. The zero-order valence-electron chi connectivity index (χ0n) is 16.0. The Morgan fingerprint density at radius 1 is 1.17 bits per heavy atom.